The van der Waals surface area contributed by atoms with E-state index in [1.54, 1.807) is 12.1 Å². The van der Waals surface area contributed by atoms with E-state index in [2.05, 4.69) is 5.32 Å². The van der Waals surface area contributed by atoms with E-state index in [9.17, 15) is 9.59 Å². The fraction of sp³-hybridized carbons (Fsp3) is 0.294. The lowest BCUT2D eigenvalue weighted by Crippen LogP contribution is -2.35. The van der Waals surface area contributed by atoms with Gasteiger partial charge in [-0.1, -0.05) is 12.1 Å². The van der Waals surface area contributed by atoms with E-state index in [-0.39, 0.29) is 12.1 Å². The molecule has 0 saturated carbocycles. The van der Waals surface area contributed by atoms with E-state index in [4.69, 9.17) is 14.2 Å². The molecule has 6 heteroatoms. The molecular formula is C17H17NO5. The van der Waals surface area contributed by atoms with Crippen molar-refractivity contribution >= 4 is 23.2 Å². The van der Waals surface area contributed by atoms with Gasteiger partial charge in [0.15, 0.2) is 6.29 Å². The van der Waals surface area contributed by atoms with Crippen LogP contribution in [0.15, 0.2) is 30.3 Å². The van der Waals surface area contributed by atoms with Gasteiger partial charge in [-0.3, -0.25) is 4.79 Å². The zero-order chi connectivity index (χ0) is 16.4. The van der Waals surface area contributed by atoms with Gasteiger partial charge in [0.2, 0.25) is 0 Å². The fourth-order valence-electron chi connectivity index (χ4n) is 2.60. The molecule has 0 radical (unpaired) electrons. The van der Waals surface area contributed by atoms with Crippen LogP contribution >= 0.6 is 0 Å². The van der Waals surface area contributed by atoms with Crippen LogP contribution in [0.5, 0.6) is 11.5 Å². The molecular weight excluding hydrogens is 298 g/mol. The molecule has 1 fully saturated rings. The van der Waals surface area contributed by atoms with Crippen molar-refractivity contribution in [2.24, 2.45) is 0 Å². The van der Waals surface area contributed by atoms with Gasteiger partial charge < -0.3 is 19.5 Å². The van der Waals surface area contributed by atoms with Crippen molar-refractivity contribution in [1.29, 1.82) is 0 Å². The predicted octanol–water partition coefficient (Wildman–Crippen LogP) is 2.54. The first-order valence-corrected chi connectivity index (χ1v) is 7.28. The van der Waals surface area contributed by atoms with Crippen LogP contribution in [0.25, 0.3) is 10.8 Å². The molecule has 23 heavy (non-hydrogen) atoms. The molecule has 0 bridgehead atoms. The minimum Gasteiger partial charge on any atom is -0.496 e. The molecule has 2 aromatic rings. The number of ether oxygens (including phenoxy) is 3. The van der Waals surface area contributed by atoms with Crippen molar-refractivity contribution in [1.82, 2.24) is 5.32 Å². The molecule has 1 heterocycles. The van der Waals surface area contributed by atoms with Crippen molar-refractivity contribution in [3.63, 3.8) is 0 Å². The molecule has 2 aromatic carbocycles. The Morgan fingerprint density at radius 2 is 2.13 bits per heavy atom. The number of methoxy groups -OCH3 is 1. The summed E-state index contributed by atoms with van der Waals surface area (Å²) in [7, 11) is 1.52. The van der Waals surface area contributed by atoms with Crippen LogP contribution in [0.4, 0.5) is 4.79 Å². The number of nitrogens with one attached hydrogen (secondary N) is 1. The lowest BCUT2D eigenvalue weighted by Gasteiger charge is -2.16. The van der Waals surface area contributed by atoms with Crippen molar-refractivity contribution in [2.75, 3.05) is 13.7 Å². The Labute approximate surface area is 133 Å². The Hall–Kier alpha value is -2.76. The Morgan fingerprint density at radius 3 is 2.78 bits per heavy atom. The highest BCUT2D eigenvalue weighted by atomic mass is 16.6. The normalized spacial score (nSPS) is 20.0. The minimum absolute atomic E-state index is 0.200. The van der Waals surface area contributed by atoms with Gasteiger partial charge >= 0.3 is 6.09 Å². The van der Waals surface area contributed by atoms with Crippen molar-refractivity contribution < 1.29 is 23.8 Å². The van der Waals surface area contributed by atoms with E-state index in [1.165, 1.54) is 7.11 Å². The van der Waals surface area contributed by atoms with Gasteiger partial charge in [-0.05, 0) is 30.5 Å². The highest BCUT2D eigenvalue weighted by molar-refractivity contribution is 5.95. The smallest absolute Gasteiger partial charge is 0.407 e. The second kappa shape index (κ2) is 6.16. The number of rotatable bonds is 5. The van der Waals surface area contributed by atoms with Crippen LogP contribution in [0.1, 0.15) is 17.3 Å². The van der Waals surface area contributed by atoms with Gasteiger partial charge in [-0.25, -0.2) is 4.79 Å². The second-order valence-corrected chi connectivity index (χ2v) is 5.36. The van der Waals surface area contributed by atoms with Crippen LogP contribution in [-0.2, 0) is 4.74 Å². The lowest BCUT2D eigenvalue weighted by molar-refractivity contribution is 0.112. The van der Waals surface area contributed by atoms with Crippen LogP contribution < -0.4 is 14.8 Å². The number of hydrogen-bond donors (Lipinski definition) is 1. The highest BCUT2D eigenvalue weighted by Gasteiger charge is 2.30. The summed E-state index contributed by atoms with van der Waals surface area (Å²) in [5.74, 6) is 1.15. The summed E-state index contributed by atoms with van der Waals surface area (Å²) in [6, 6.07) is 8.93. The second-order valence-electron chi connectivity index (χ2n) is 5.36. The number of fused-ring (bicyclic) bond motifs is 1. The summed E-state index contributed by atoms with van der Waals surface area (Å²) < 4.78 is 16.1. The maximum absolute atomic E-state index is 11.2. The van der Waals surface area contributed by atoms with Crippen molar-refractivity contribution in [2.45, 2.75) is 19.1 Å². The number of amides is 1. The van der Waals surface area contributed by atoms with Gasteiger partial charge in [0, 0.05) is 5.39 Å². The summed E-state index contributed by atoms with van der Waals surface area (Å²) in [6.45, 7) is 2.11. The number of carbonyl (C=O) groups excluding carboxylic acids is 2. The molecule has 1 aliphatic heterocycles. The molecule has 6 nitrogen and oxygen atoms in total. The van der Waals surface area contributed by atoms with E-state index in [0.717, 1.165) is 17.1 Å². The lowest BCUT2D eigenvalue weighted by atomic mass is 10.1. The van der Waals surface area contributed by atoms with Crippen molar-refractivity contribution in [3.05, 3.63) is 35.9 Å². The fourth-order valence-corrected chi connectivity index (χ4v) is 2.60. The zero-order valence-electron chi connectivity index (χ0n) is 12.9. The third-order valence-corrected chi connectivity index (χ3v) is 3.90. The Bertz CT molecular complexity index is 758. The molecule has 1 N–H and O–H groups in total. The van der Waals surface area contributed by atoms with Crippen LogP contribution in [0, 0.1) is 0 Å². The van der Waals surface area contributed by atoms with Gasteiger partial charge in [0.25, 0.3) is 0 Å². The van der Waals surface area contributed by atoms with E-state index in [1.807, 2.05) is 25.1 Å². The van der Waals surface area contributed by atoms with E-state index in [0.29, 0.717) is 23.7 Å². The highest BCUT2D eigenvalue weighted by Crippen LogP contribution is 2.31. The third-order valence-electron chi connectivity index (χ3n) is 3.90. The Morgan fingerprint density at radius 1 is 1.30 bits per heavy atom. The zero-order valence-corrected chi connectivity index (χ0v) is 12.9. The number of benzene rings is 2. The van der Waals surface area contributed by atoms with Gasteiger partial charge in [-0.15, -0.1) is 0 Å². The molecule has 0 spiro atoms. The van der Waals surface area contributed by atoms with Gasteiger partial charge in [-0.2, -0.15) is 0 Å². The molecule has 0 aliphatic carbocycles. The average molecular weight is 315 g/mol. The summed E-state index contributed by atoms with van der Waals surface area (Å²) in [6.07, 6.45) is 0.0915. The van der Waals surface area contributed by atoms with Gasteiger partial charge in [0.1, 0.15) is 30.3 Å². The molecule has 3 rings (SSSR count). The van der Waals surface area contributed by atoms with Gasteiger partial charge in [0.05, 0.1) is 12.7 Å². The third kappa shape index (κ3) is 2.92. The van der Waals surface area contributed by atoms with Crippen LogP contribution in [0.3, 0.4) is 0 Å². The Balaban J connectivity index is 1.88. The van der Waals surface area contributed by atoms with Crippen molar-refractivity contribution in [3.8, 4) is 11.5 Å². The SMILES string of the molecule is COc1cc2c(OCC3NC(=O)OC3C)cccc2cc1C=O. The average Bonchev–Trinajstić information content (AvgIpc) is 2.88. The summed E-state index contributed by atoms with van der Waals surface area (Å²) >= 11 is 0. The first-order valence-electron chi connectivity index (χ1n) is 7.28. The van der Waals surface area contributed by atoms with Crippen LogP contribution in [-0.4, -0.2) is 38.2 Å². The van der Waals surface area contributed by atoms with E-state index >= 15 is 0 Å². The first kappa shape index (κ1) is 15.1. The molecule has 120 valence electrons. The minimum atomic E-state index is -0.429. The van der Waals surface area contributed by atoms with E-state index < -0.39 is 6.09 Å². The maximum atomic E-state index is 11.2. The van der Waals surface area contributed by atoms with Crippen LogP contribution in [0.2, 0.25) is 0 Å². The number of carbonyl (C=O) groups is 2. The number of cyclic esters (lactones) is 1. The number of alkyl carbamates (subject to hydrolysis) is 1. The quantitative estimate of drug-likeness (QED) is 0.858. The number of aldehydes is 1. The molecule has 2 unspecified atom stereocenters. The summed E-state index contributed by atoms with van der Waals surface area (Å²) in [5.41, 5.74) is 0.488. The summed E-state index contributed by atoms with van der Waals surface area (Å²) in [4.78, 5) is 22.3. The largest absolute Gasteiger partial charge is 0.496 e. The summed E-state index contributed by atoms with van der Waals surface area (Å²) in [5, 5.41) is 4.43. The topological polar surface area (TPSA) is 73.9 Å². The number of hydrogen-bond acceptors (Lipinski definition) is 5. The predicted molar refractivity (Wildman–Crippen MR) is 84.2 cm³/mol. The molecule has 2 atom stereocenters. The Kier molecular flexibility index (Phi) is 4.06. The molecule has 1 saturated heterocycles. The molecule has 1 amide bonds. The monoisotopic (exact) mass is 315 g/mol. The first-order chi connectivity index (χ1) is 11.1. The molecule has 0 aromatic heterocycles. The maximum Gasteiger partial charge on any atom is 0.407 e. The standard InChI is InChI=1S/C17H17NO5/c1-10-14(18-17(20)23-10)9-22-15-5-3-4-11-6-12(8-19)16(21-2)7-13(11)15/h3-8,10,14H,9H2,1-2H3,(H,18,20). The molecule has 1 aliphatic rings.